The molecule has 0 unspecified atom stereocenters. The predicted molar refractivity (Wildman–Crippen MR) is 195 cm³/mol. The molecule has 8 atom stereocenters. The van der Waals surface area contributed by atoms with Gasteiger partial charge < -0.3 is 83.0 Å². The van der Waals surface area contributed by atoms with E-state index in [1.54, 1.807) is 0 Å². The van der Waals surface area contributed by atoms with Crippen molar-refractivity contribution < 1.29 is 83.0 Å². The lowest BCUT2D eigenvalue weighted by atomic mass is 10.1. The SMILES string of the molecule is C[C@@H]([NH3+])c1ccccc1.C[C@@H]([NH3+])c1ccccc1.C[C@H]([NH3+])c1ccccc1.C[C@H]([NH3+])c1ccccc1.O=C([O-])[C@H](O)[C@@H](O)C(=O)[O-].O=C([O-])[C@H](O)[C@@H](O)C(=O)[O-]. The first kappa shape index (κ1) is 52.5. The smallest absolute Gasteiger partial charge is 0.124 e. The molecule has 0 amide bonds. The number of aliphatic hydroxyl groups is 4. The summed E-state index contributed by atoms with van der Waals surface area (Å²) < 4.78 is 0. The second-order valence-electron chi connectivity index (χ2n) is 12.3. The van der Waals surface area contributed by atoms with Gasteiger partial charge in [-0.1, -0.05) is 121 Å². The Hall–Kier alpha value is -5.56. The number of quaternary nitrogens is 4. The third kappa shape index (κ3) is 24.7. The van der Waals surface area contributed by atoms with Gasteiger partial charge in [0.15, 0.2) is 0 Å². The molecule has 16 nitrogen and oxygen atoms in total. The Morgan fingerprint density at radius 3 is 0.554 bits per heavy atom. The number of carboxylic acid groups (broad SMARTS) is 4. The lowest BCUT2D eigenvalue weighted by molar-refractivity contribution is -0.420. The molecule has 0 fully saturated rings. The fourth-order valence-electron chi connectivity index (χ4n) is 3.64. The molecule has 4 rings (SSSR count). The van der Waals surface area contributed by atoms with E-state index in [0.717, 1.165) is 0 Å². The summed E-state index contributed by atoms with van der Waals surface area (Å²) in [5.74, 6) is -8.23. The van der Waals surface area contributed by atoms with E-state index in [4.69, 9.17) is 20.4 Å². The summed E-state index contributed by atoms with van der Waals surface area (Å²) in [4.78, 5) is 38.5. The summed E-state index contributed by atoms with van der Waals surface area (Å²) in [5, 5.41) is 71.5. The normalized spacial score (nSPS) is 14.1. The topological polar surface area (TPSA) is 352 Å². The highest BCUT2D eigenvalue weighted by molar-refractivity contribution is 5.81. The zero-order valence-electron chi connectivity index (χ0n) is 32.0. The van der Waals surface area contributed by atoms with Crippen LogP contribution in [0.4, 0.5) is 0 Å². The van der Waals surface area contributed by atoms with Crippen LogP contribution in [0.5, 0.6) is 0 Å². The predicted octanol–water partition coefficient (Wildman–Crippen LogP) is -5.63. The number of carbonyl (C=O) groups is 4. The van der Waals surface area contributed by atoms with Crippen molar-refractivity contribution in [2.45, 2.75) is 76.3 Å². The third-order valence-corrected chi connectivity index (χ3v) is 7.04. The molecule has 0 saturated heterocycles. The van der Waals surface area contributed by atoms with Gasteiger partial charge in [0, 0.05) is 22.3 Å². The summed E-state index contributed by atoms with van der Waals surface area (Å²) in [7, 11) is 0. The quantitative estimate of drug-likeness (QED) is 0.0746. The highest BCUT2D eigenvalue weighted by Crippen LogP contribution is 2.07. The molecule has 0 saturated carbocycles. The van der Waals surface area contributed by atoms with Gasteiger partial charge in [-0.2, -0.15) is 0 Å². The van der Waals surface area contributed by atoms with Crippen LogP contribution in [-0.2, 0) is 19.2 Å². The van der Waals surface area contributed by atoms with Gasteiger partial charge in [-0.05, 0) is 27.7 Å². The van der Waals surface area contributed by atoms with Crippen molar-refractivity contribution in [2.24, 2.45) is 0 Å². The Kier molecular flexibility index (Phi) is 27.9. The number of rotatable bonds is 10. The van der Waals surface area contributed by atoms with E-state index in [-0.39, 0.29) is 0 Å². The van der Waals surface area contributed by atoms with Crippen LogP contribution in [0.25, 0.3) is 0 Å². The molecule has 0 aliphatic heterocycles. The number of carbonyl (C=O) groups excluding carboxylic acids is 4. The average Bonchev–Trinajstić information content (AvgIpc) is 3.19. The molecule has 0 spiro atoms. The molecular weight excluding hydrogens is 728 g/mol. The second-order valence-corrected chi connectivity index (χ2v) is 12.3. The fourth-order valence-corrected chi connectivity index (χ4v) is 3.64. The first-order valence-electron chi connectivity index (χ1n) is 17.2. The molecular formula is C40H56N4O12. The van der Waals surface area contributed by atoms with Crippen molar-refractivity contribution in [1.82, 2.24) is 0 Å². The van der Waals surface area contributed by atoms with Crippen molar-refractivity contribution >= 4 is 23.9 Å². The van der Waals surface area contributed by atoms with E-state index in [2.05, 4.69) is 99.2 Å². The molecule has 0 radical (unpaired) electrons. The van der Waals surface area contributed by atoms with Crippen LogP contribution in [0.2, 0.25) is 0 Å². The van der Waals surface area contributed by atoms with Crippen LogP contribution >= 0.6 is 0 Å². The largest absolute Gasteiger partial charge is 0.547 e. The zero-order chi connectivity index (χ0) is 43.4. The maximum Gasteiger partial charge on any atom is 0.124 e. The number of hydrogen-bond acceptors (Lipinski definition) is 12. The summed E-state index contributed by atoms with van der Waals surface area (Å²) in [6, 6.07) is 42.8. The van der Waals surface area contributed by atoms with Crippen LogP contribution in [0.3, 0.4) is 0 Å². The minimum atomic E-state index is -2.44. The zero-order valence-corrected chi connectivity index (χ0v) is 32.0. The molecule has 4 aromatic carbocycles. The third-order valence-electron chi connectivity index (χ3n) is 7.04. The number of carboxylic acids is 4. The molecule has 16 N–H and O–H groups in total. The van der Waals surface area contributed by atoms with E-state index < -0.39 is 48.3 Å². The standard InChI is InChI=1S/4C8H11N.2C4H6O6/c4*1-7(9)8-5-3-2-4-6-8;2*5-1(3(7)8)2(6)4(9)10/h4*2-7H,9H2,1H3;2*1-2,5-6H,(H,7,8)(H,9,10)/t4*7-;2*1-,2-/m110011/s1. The minimum absolute atomic E-state index is 0.409. The van der Waals surface area contributed by atoms with Crippen molar-refractivity contribution in [2.75, 3.05) is 0 Å². The van der Waals surface area contributed by atoms with Crippen LogP contribution in [0.15, 0.2) is 121 Å². The summed E-state index contributed by atoms with van der Waals surface area (Å²) in [6.07, 6.45) is -9.76. The monoisotopic (exact) mass is 784 g/mol. The Morgan fingerprint density at radius 2 is 0.482 bits per heavy atom. The fraction of sp³-hybridized carbons (Fsp3) is 0.300. The Bertz CT molecular complexity index is 1380. The second kappa shape index (κ2) is 29.8. The van der Waals surface area contributed by atoms with Crippen LogP contribution in [0.1, 0.15) is 74.1 Å². The Labute approximate surface area is 326 Å². The van der Waals surface area contributed by atoms with Gasteiger partial charge in [0.1, 0.15) is 48.6 Å². The highest BCUT2D eigenvalue weighted by Gasteiger charge is 2.18. The summed E-state index contributed by atoms with van der Waals surface area (Å²) in [5.41, 5.74) is 20.8. The Balaban J connectivity index is 0. The number of benzene rings is 4. The van der Waals surface area contributed by atoms with Crippen molar-refractivity contribution in [3.05, 3.63) is 144 Å². The first-order chi connectivity index (χ1) is 26.1. The molecule has 0 aromatic heterocycles. The average molecular weight is 785 g/mol. The van der Waals surface area contributed by atoms with E-state index >= 15 is 0 Å². The van der Waals surface area contributed by atoms with E-state index in [1.807, 2.05) is 72.8 Å². The molecule has 56 heavy (non-hydrogen) atoms. The van der Waals surface area contributed by atoms with Crippen molar-refractivity contribution in [3.63, 3.8) is 0 Å². The summed E-state index contributed by atoms with van der Waals surface area (Å²) >= 11 is 0. The molecule has 0 aliphatic rings. The number of aliphatic carboxylic acids is 4. The van der Waals surface area contributed by atoms with E-state index in [9.17, 15) is 39.6 Å². The highest BCUT2D eigenvalue weighted by atomic mass is 16.4. The lowest BCUT2D eigenvalue weighted by Gasteiger charge is -2.18. The van der Waals surface area contributed by atoms with E-state index in [0.29, 0.717) is 24.2 Å². The minimum Gasteiger partial charge on any atom is -0.547 e. The van der Waals surface area contributed by atoms with Gasteiger partial charge in [0.2, 0.25) is 0 Å². The van der Waals surface area contributed by atoms with E-state index in [1.165, 1.54) is 22.3 Å². The van der Waals surface area contributed by atoms with Gasteiger partial charge >= 0.3 is 0 Å². The van der Waals surface area contributed by atoms with Crippen LogP contribution in [-0.4, -0.2) is 68.7 Å². The molecule has 16 heteroatoms. The molecule has 4 aromatic rings. The van der Waals surface area contributed by atoms with Gasteiger partial charge in [0.05, 0.1) is 23.9 Å². The van der Waals surface area contributed by atoms with Crippen molar-refractivity contribution in [3.8, 4) is 0 Å². The first-order valence-corrected chi connectivity index (χ1v) is 17.2. The van der Waals surface area contributed by atoms with Gasteiger partial charge in [-0.15, -0.1) is 0 Å². The van der Waals surface area contributed by atoms with Gasteiger partial charge in [-0.3, -0.25) is 0 Å². The number of aliphatic hydroxyl groups excluding tert-OH is 4. The molecule has 308 valence electrons. The maximum absolute atomic E-state index is 9.63. The van der Waals surface area contributed by atoms with Crippen LogP contribution in [0, 0.1) is 0 Å². The van der Waals surface area contributed by atoms with Crippen molar-refractivity contribution in [1.29, 1.82) is 0 Å². The van der Waals surface area contributed by atoms with Crippen LogP contribution < -0.4 is 43.4 Å². The molecule has 0 aliphatic carbocycles. The summed E-state index contributed by atoms with van der Waals surface area (Å²) in [6.45, 7) is 8.37. The molecule has 0 bridgehead atoms. The Morgan fingerprint density at radius 1 is 0.357 bits per heavy atom. The van der Waals surface area contributed by atoms with Gasteiger partial charge in [0.25, 0.3) is 0 Å². The maximum atomic E-state index is 9.63. The lowest BCUT2D eigenvalue weighted by Crippen LogP contribution is -2.51. The number of hydrogen-bond donors (Lipinski definition) is 8. The molecule has 0 heterocycles. The van der Waals surface area contributed by atoms with Gasteiger partial charge in [-0.25, -0.2) is 0 Å².